The van der Waals surface area contributed by atoms with E-state index >= 15 is 0 Å². The van der Waals surface area contributed by atoms with Crippen molar-refractivity contribution >= 4 is 28.4 Å². The molecule has 0 spiro atoms. The molecule has 1 amide bonds. The molecule has 0 bridgehead atoms. The highest BCUT2D eigenvalue weighted by Crippen LogP contribution is 2.40. The third kappa shape index (κ3) is 5.62. The summed E-state index contributed by atoms with van der Waals surface area (Å²) in [5.74, 6) is 2.47. The van der Waals surface area contributed by atoms with Gasteiger partial charge in [-0.2, -0.15) is 0 Å². The van der Waals surface area contributed by atoms with Gasteiger partial charge in [-0.3, -0.25) is 4.79 Å². The number of benzene rings is 3. The Hall–Kier alpha value is -3.44. The molecular formula is C31H33ClN2O3. The Kier molecular flexibility index (Phi) is 8.00. The fourth-order valence-electron chi connectivity index (χ4n) is 5.19. The Morgan fingerprint density at radius 1 is 1.00 bits per heavy atom. The number of alkyl halides is 1. The number of ether oxygens (including phenoxy) is 2. The summed E-state index contributed by atoms with van der Waals surface area (Å²) in [6.45, 7) is 1.20. The van der Waals surface area contributed by atoms with Crippen molar-refractivity contribution in [3.05, 3.63) is 95.2 Å². The maximum absolute atomic E-state index is 13.4. The topological polar surface area (TPSA) is 54.6 Å². The maximum atomic E-state index is 13.4. The average molecular weight is 517 g/mol. The van der Waals surface area contributed by atoms with Crippen LogP contribution in [0.2, 0.25) is 0 Å². The van der Waals surface area contributed by atoms with Crippen LogP contribution in [-0.4, -0.2) is 35.3 Å². The maximum Gasteiger partial charge on any atom is 0.223 e. The standard InChI is InChI=1S/C31H33ClN2O3/c1-36-25-15-16-28-27(20-25)26-17-19-34(29(35)10-6-3-7-18-32)31(30(26)33-28)23-11-13-24(14-12-23)37-21-22-8-4-2-5-9-22/h2,4-5,8-9,11-16,20,31,33H,3,6-7,10,17-19,21H2,1H3. The molecule has 1 aliphatic rings. The highest BCUT2D eigenvalue weighted by atomic mass is 35.5. The van der Waals surface area contributed by atoms with Gasteiger partial charge in [-0.1, -0.05) is 48.9 Å². The van der Waals surface area contributed by atoms with E-state index in [1.54, 1.807) is 7.11 Å². The molecule has 0 radical (unpaired) electrons. The third-order valence-corrected chi connectivity index (χ3v) is 7.39. The second-order valence-corrected chi connectivity index (χ2v) is 9.89. The number of amides is 1. The molecule has 1 atom stereocenters. The Balaban J connectivity index is 1.44. The number of nitrogens with zero attached hydrogens (tertiary/aromatic N) is 1. The average Bonchev–Trinajstić information content (AvgIpc) is 3.32. The predicted octanol–water partition coefficient (Wildman–Crippen LogP) is 7.03. The molecule has 5 nitrogen and oxygen atoms in total. The van der Waals surface area contributed by atoms with Gasteiger partial charge in [0, 0.05) is 35.4 Å². The first-order valence-electron chi connectivity index (χ1n) is 13.0. The Bertz CT molecular complexity index is 1330. The van der Waals surface area contributed by atoms with Gasteiger partial charge < -0.3 is 19.4 Å². The number of aromatic amines is 1. The summed E-state index contributed by atoms with van der Waals surface area (Å²) in [6.07, 6.45) is 4.12. The first-order valence-corrected chi connectivity index (χ1v) is 13.5. The zero-order chi connectivity index (χ0) is 25.6. The smallest absolute Gasteiger partial charge is 0.223 e. The van der Waals surface area contributed by atoms with E-state index in [4.69, 9.17) is 21.1 Å². The summed E-state index contributed by atoms with van der Waals surface area (Å²) >= 11 is 5.84. The third-order valence-electron chi connectivity index (χ3n) is 7.12. The first-order chi connectivity index (χ1) is 18.2. The molecular weight excluding hydrogens is 484 g/mol. The number of aromatic nitrogens is 1. The largest absolute Gasteiger partial charge is 0.497 e. The van der Waals surface area contributed by atoms with Crippen LogP contribution in [0.3, 0.4) is 0 Å². The molecule has 5 rings (SSSR count). The highest BCUT2D eigenvalue weighted by molar-refractivity contribution is 6.17. The van der Waals surface area contributed by atoms with Crippen LogP contribution in [0.15, 0.2) is 72.8 Å². The van der Waals surface area contributed by atoms with Crippen LogP contribution in [0, 0.1) is 0 Å². The number of hydrogen-bond acceptors (Lipinski definition) is 3. The lowest BCUT2D eigenvalue weighted by atomic mass is 9.91. The molecule has 1 unspecified atom stereocenters. The molecule has 3 aromatic carbocycles. The molecule has 0 fully saturated rings. The number of hydrogen-bond donors (Lipinski definition) is 1. The predicted molar refractivity (Wildman–Crippen MR) is 149 cm³/mol. The van der Waals surface area contributed by atoms with Crippen molar-refractivity contribution in [3.8, 4) is 11.5 Å². The van der Waals surface area contributed by atoms with Gasteiger partial charge in [0.2, 0.25) is 5.91 Å². The molecule has 1 aliphatic heterocycles. The van der Waals surface area contributed by atoms with Crippen molar-refractivity contribution in [2.24, 2.45) is 0 Å². The molecule has 0 aliphatic carbocycles. The minimum absolute atomic E-state index is 0.175. The summed E-state index contributed by atoms with van der Waals surface area (Å²) in [7, 11) is 1.69. The van der Waals surface area contributed by atoms with E-state index in [9.17, 15) is 4.79 Å². The molecule has 1 N–H and O–H groups in total. The van der Waals surface area contributed by atoms with Gasteiger partial charge in [0.1, 0.15) is 18.1 Å². The van der Waals surface area contributed by atoms with Gasteiger partial charge in [-0.25, -0.2) is 0 Å². The second kappa shape index (κ2) is 11.7. The molecule has 192 valence electrons. The van der Waals surface area contributed by atoms with Crippen LogP contribution in [0.5, 0.6) is 11.5 Å². The number of halogens is 1. The zero-order valence-corrected chi connectivity index (χ0v) is 22.0. The van der Waals surface area contributed by atoms with E-state index in [2.05, 4.69) is 41.4 Å². The molecule has 0 saturated carbocycles. The van der Waals surface area contributed by atoms with Crippen molar-refractivity contribution in [2.45, 2.75) is 44.8 Å². The van der Waals surface area contributed by atoms with Gasteiger partial charge >= 0.3 is 0 Å². The van der Waals surface area contributed by atoms with Crippen LogP contribution in [0.25, 0.3) is 10.9 Å². The molecule has 4 aromatic rings. The molecule has 2 heterocycles. The number of methoxy groups -OCH3 is 1. The van der Waals surface area contributed by atoms with Gasteiger partial charge in [0.05, 0.1) is 13.2 Å². The molecule has 37 heavy (non-hydrogen) atoms. The number of carbonyl (C=O) groups is 1. The van der Waals surface area contributed by atoms with Gasteiger partial charge in [0.25, 0.3) is 0 Å². The Labute approximate surface area is 223 Å². The van der Waals surface area contributed by atoms with Crippen LogP contribution < -0.4 is 9.47 Å². The monoisotopic (exact) mass is 516 g/mol. The number of fused-ring (bicyclic) bond motifs is 3. The van der Waals surface area contributed by atoms with Crippen molar-refractivity contribution in [2.75, 3.05) is 19.5 Å². The van der Waals surface area contributed by atoms with Crippen LogP contribution in [0.4, 0.5) is 0 Å². The fourth-order valence-corrected chi connectivity index (χ4v) is 5.38. The van der Waals surface area contributed by atoms with Crippen molar-refractivity contribution < 1.29 is 14.3 Å². The Morgan fingerprint density at radius 2 is 1.78 bits per heavy atom. The van der Waals surface area contributed by atoms with Gasteiger partial charge in [0.15, 0.2) is 0 Å². The normalized spacial score (nSPS) is 15.0. The van der Waals surface area contributed by atoms with Crippen LogP contribution in [0.1, 0.15) is 54.1 Å². The van der Waals surface area contributed by atoms with E-state index in [1.807, 2.05) is 41.3 Å². The first kappa shape index (κ1) is 25.2. The molecule has 0 saturated heterocycles. The van der Waals surface area contributed by atoms with E-state index in [0.717, 1.165) is 64.9 Å². The lowest BCUT2D eigenvalue weighted by molar-refractivity contribution is -0.133. The van der Waals surface area contributed by atoms with Crippen molar-refractivity contribution in [3.63, 3.8) is 0 Å². The Morgan fingerprint density at radius 3 is 2.54 bits per heavy atom. The second-order valence-electron chi connectivity index (χ2n) is 9.51. The number of rotatable bonds is 10. The van der Waals surface area contributed by atoms with Crippen molar-refractivity contribution in [1.82, 2.24) is 9.88 Å². The summed E-state index contributed by atoms with van der Waals surface area (Å²) in [4.78, 5) is 19.1. The number of H-pyrrole nitrogens is 1. The highest BCUT2D eigenvalue weighted by Gasteiger charge is 2.34. The summed E-state index contributed by atoms with van der Waals surface area (Å²) < 4.78 is 11.5. The van der Waals surface area contributed by atoms with E-state index < -0.39 is 0 Å². The summed E-state index contributed by atoms with van der Waals surface area (Å²) in [5.41, 5.74) is 5.61. The summed E-state index contributed by atoms with van der Waals surface area (Å²) in [5, 5.41) is 1.16. The SMILES string of the molecule is COc1ccc2[nH]c3c(c2c1)CCN(C(=O)CCCCCCl)C3c1ccc(OCc2ccccc2)cc1. The number of unbranched alkanes of at least 4 members (excludes halogenated alkanes) is 2. The van der Waals surface area contributed by atoms with E-state index in [1.165, 1.54) is 5.56 Å². The quantitative estimate of drug-likeness (QED) is 0.182. The molecule has 1 aromatic heterocycles. The lowest BCUT2D eigenvalue weighted by Gasteiger charge is -2.36. The summed E-state index contributed by atoms with van der Waals surface area (Å²) in [6, 6.07) is 24.3. The fraction of sp³-hybridized carbons (Fsp3) is 0.323. The van der Waals surface area contributed by atoms with Crippen molar-refractivity contribution in [1.29, 1.82) is 0 Å². The van der Waals surface area contributed by atoms with Gasteiger partial charge in [-0.15, -0.1) is 11.6 Å². The van der Waals surface area contributed by atoms with Crippen LogP contribution in [-0.2, 0) is 17.8 Å². The van der Waals surface area contributed by atoms with E-state index in [0.29, 0.717) is 25.5 Å². The molecule has 6 heteroatoms. The minimum Gasteiger partial charge on any atom is -0.497 e. The van der Waals surface area contributed by atoms with Gasteiger partial charge in [-0.05, 0) is 66.3 Å². The number of carbonyl (C=O) groups excluding carboxylic acids is 1. The lowest BCUT2D eigenvalue weighted by Crippen LogP contribution is -2.40. The van der Waals surface area contributed by atoms with Crippen LogP contribution >= 0.6 is 11.6 Å². The van der Waals surface area contributed by atoms with E-state index in [-0.39, 0.29) is 11.9 Å². The minimum atomic E-state index is -0.175. The zero-order valence-electron chi connectivity index (χ0n) is 21.2. The number of nitrogens with one attached hydrogen (secondary N) is 1.